The van der Waals surface area contributed by atoms with Crippen molar-refractivity contribution in [2.45, 2.75) is 57.6 Å². The summed E-state index contributed by atoms with van der Waals surface area (Å²) in [5.74, 6) is 1.24. The molecule has 6 nitrogen and oxygen atoms in total. The van der Waals surface area contributed by atoms with E-state index in [2.05, 4.69) is 15.0 Å². The van der Waals surface area contributed by atoms with Gasteiger partial charge >= 0.3 is 0 Å². The van der Waals surface area contributed by atoms with Gasteiger partial charge in [-0.15, -0.1) is 12.4 Å². The minimum Gasteiger partial charge on any atom is -0.390 e. The molecule has 2 aromatic heterocycles. The molecule has 1 aliphatic carbocycles. The molecule has 0 unspecified atom stereocenters. The van der Waals surface area contributed by atoms with E-state index < -0.39 is 5.60 Å². The molecule has 2 heterocycles. The van der Waals surface area contributed by atoms with Crippen molar-refractivity contribution in [3.8, 4) is 11.4 Å². The van der Waals surface area contributed by atoms with Crippen molar-refractivity contribution < 1.29 is 9.50 Å². The molecule has 8 heteroatoms. The molecule has 150 valence electrons. The second-order valence-corrected chi connectivity index (χ2v) is 7.32. The third-order valence-corrected chi connectivity index (χ3v) is 5.42. The van der Waals surface area contributed by atoms with Crippen LogP contribution in [0, 0.1) is 5.82 Å². The molecule has 0 aliphatic heterocycles. The zero-order chi connectivity index (χ0) is 19.0. The summed E-state index contributed by atoms with van der Waals surface area (Å²) in [7, 11) is 0. The number of rotatable bonds is 5. The average molecular weight is 406 g/mol. The van der Waals surface area contributed by atoms with Crippen molar-refractivity contribution in [1.82, 2.24) is 19.5 Å². The van der Waals surface area contributed by atoms with Gasteiger partial charge in [0.15, 0.2) is 17.0 Å². The van der Waals surface area contributed by atoms with Crippen LogP contribution in [0.1, 0.15) is 44.9 Å². The molecule has 0 radical (unpaired) electrons. The lowest BCUT2D eigenvalue weighted by Crippen LogP contribution is -2.25. The molecule has 0 atom stereocenters. The van der Waals surface area contributed by atoms with E-state index in [1.165, 1.54) is 12.1 Å². The Balaban J connectivity index is 0.00000225. The van der Waals surface area contributed by atoms with E-state index in [0.717, 1.165) is 25.7 Å². The molecule has 0 spiro atoms. The number of hydrogen-bond acceptors (Lipinski definition) is 5. The van der Waals surface area contributed by atoms with Gasteiger partial charge in [-0.05, 0) is 38.3 Å². The van der Waals surface area contributed by atoms with Crippen molar-refractivity contribution >= 4 is 29.4 Å². The monoisotopic (exact) mass is 405 g/mol. The van der Waals surface area contributed by atoms with E-state index in [-0.39, 0.29) is 18.2 Å². The highest BCUT2D eigenvalue weighted by Gasteiger charge is 2.31. The molecule has 3 aromatic rings. The molecular weight excluding hydrogens is 381 g/mol. The number of aromatic nitrogens is 4. The molecule has 0 amide bonds. The summed E-state index contributed by atoms with van der Waals surface area (Å²) in [6, 6.07) is 6.33. The summed E-state index contributed by atoms with van der Waals surface area (Å²) in [6.07, 6.45) is 5.01. The van der Waals surface area contributed by atoms with Crippen LogP contribution in [-0.2, 0) is 13.0 Å². The minimum atomic E-state index is -0.606. The van der Waals surface area contributed by atoms with Gasteiger partial charge in [0.05, 0.1) is 5.60 Å². The number of aryl methyl sites for hydroxylation is 2. The van der Waals surface area contributed by atoms with Crippen LogP contribution in [0.5, 0.6) is 0 Å². The Bertz CT molecular complexity index is 984. The highest BCUT2D eigenvalue weighted by Crippen LogP contribution is 2.33. The Kier molecular flexibility index (Phi) is 5.86. The number of halogens is 2. The van der Waals surface area contributed by atoms with Crippen LogP contribution >= 0.6 is 12.4 Å². The van der Waals surface area contributed by atoms with Crippen LogP contribution < -0.4 is 5.73 Å². The fourth-order valence-corrected chi connectivity index (χ4v) is 3.96. The standard InChI is InChI=1S/C20H24FN5O.ClH/c1-2-26-18(13-6-5-7-14(21)12-13)25-16-17(22)23-15(24-19(16)26)8-11-20(27)9-3-4-10-20;/h5-7,12,27H,2-4,8-11H2,1H3,(H2,22,23,24);1H. The van der Waals surface area contributed by atoms with Crippen LogP contribution in [0.4, 0.5) is 10.2 Å². The Hall–Kier alpha value is -2.25. The molecule has 3 N–H and O–H groups in total. The number of nitrogens with zero attached hydrogens (tertiary/aromatic N) is 4. The number of imidazole rings is 1. The van der Waals surface area contributed by atoms with E-state index in [1.807, 2.05) is 17.6 Å². The maximum absolute atomic E-state index is 13.7. The van der Waals surface area contributed by atoms with Crippen molar-refractivity contribution in [3.05, 3.63) is 35.9 Å². The van der Waals surface area contributed by atoms with Gasteiger partial charge in [-0.3, -0.25) is 0 Å². The lowest BCUT2D eigenvalue weighted by Gasteiger charge is -2.21. The number of nitrogen functional groups attached to an aromatic ring is 1. The summed E-state index contributed by atoms with van der Waals surface area (Å²) in [5.41, 5.74) is 7.40. The number of nitrogens with two attached hydrogens (primary N) is 1. The first kappa shape index (κ1) is 20.5. The first-order chi connectivity index (χ1) is 13.0. The number of hydrogen-bond donors (Lipinski definition) is 2. The average Bonchev–Trinajstić information content (AvgIpc) is 3.24. The second kappa shape index (κ2) is 8.01. The fraction of sp³-hybridized carbons (Fsp3) is 0.450. The SMILES string of the molecule is CCn1c(-c2cccc(F)c2)nc2c(N)nc(CCC3(O)CCCC3)nc21.Cl. The summed E-state index contributed by atoms with van der Waals surface area (Å²) in [5, 5.41) is 10.6. The van der Waals surface area contributed by atoms with Crippen molar-refractivity contribution in [2.24, 2.45) is 0 Å². The van der Waals surface area contributed by atoms with Gasteiger partial charge in [-0.25, -0.2) is 19.3 Å². The van der Waals surface area contributed by atoms with Crippen LogP contribution in [0.3, 0.4) is 0 Å². The van der Waals surface area contributed by atoms with E-state index in [9.17, 15) is 9.50 Å². The first-order valence-corrected chi connectivity index (χ1v) is 9.50. The Morgan fingerprint density at radius 2 is 1.96 bits per heavy atom. The van der Waals surface area contributed by atoms with Gasteiger partial charge < -0.3 is 15.4 Å². The lowest BCUT2D eigenvalue weighted by atomic mass is 9.96. The number of benzene rings is 1. The normalized spacial score (nSPS) is 15.7. The van der Waals surface area contributed by atoms with E-state index in [1.54, 1.807) is 6.07 Å². The highest BCUT2D eigenvalue weighted by atomic mass is 35.5. The molecule has 1 aliphatic rings. The Morgan fingerprint density at radius 1 is 1.21 bits per heavy atom. The molecule has 1 saturated carbocycles. The number of aliphatic hydroxyl groups is 1. The maximum Gasteiger partial charge on any atom is 0.166 e. The van der Waals surface area contributed by atoms with Crippen molar-refractivity contribution in [3.63, 3.8) is 0 Å². The zero-order valence-corrected chi connectivity index (χ0v) is 16.7. The summed E-state index contributed by atoms with van der Waals surface area (Å²) in [6.45, 7) is 2.62. The first-order valence-electron chi connectivity index (χ1n) is 9.50. The second-order valence-electron chi connectivity index (χ2n) is 7.32. The molecule has 0 saturated heterocycles. The molecule has 4 rings (SSSR count). The van der Waals surface area contributed by atoms with Gasteiger partial charge in [0.2, 0.25) is 0 Å². The van der Waals surface area contributed by atoms with E-state index >= 15 is 0 Å². The van der Waals surface area contributed by atoms with Gasteiger partial charge in [-0.1, -0.05) is 25.0 Å². The van der Waals surface area contributed by atoms with Gasteiger partial charge in [0.1, 0.15) is 17.5 Å². The Morgan fingerprint density at radius 3 is 2.64 bits per heavy atom. The predicted octanol–water partition coefficient (Wildman–Crippen LogP) is 3.89. The smallest absolute Gasteiger partial charge is 0.166 e. The molecule has 0 bridgehead atoms. The highest BCUT2D eigenvalue weighted by molar-refractivity contribution is 5.86. The predicted molar refractivity (Wildman–Crippen MR) is 110 cm³/mol. The lowest BCUT2D eigenvalue weighted by molar-refractivity contribution is 0.0386. The maximum atomic E-state index is 13.7. The number of anilines is 1. The topological polar surface area (TPSA) is 89.9 Å². The molecular formula is C20H25ClFN5O. The molecule has 1 aromatic carbocycles. The van der Waals surface area contributed by atoms with E-state index in [0.29, 0.717) is 53.6 Å². The van der Waals surface area contributed by atoms with Gasteiger partial charge in [0, 0.05) is 18.5 Å². The molecule has 28 heavy (non-hydrogen) atoms. The van der Waals surface area contributed by atoms with Crippen LogP contribution in [-0.4, -0.2) is 30.2 Å². The van der Waals surface area contributed by atoms with Crippen LogP contribution in [0.15, 0.2) is 24.3 Å². The largest absolute Gasteiger partial charge is 0.390 e. The summed E-state index contributed by atoms with van der Waals surface area (Å²) in [4.78, 5) is 13.7. The van der Waals surface area contributed by atoms with Crippen LogP contribution in [0.25, 0.3) is 22.6 Å². The molecule has 1 fully saturated rings. The summed E-state index contributed by atoms with van der Waals surface area (Å²) >= 11 is 0. The van der Waals surface area contributed by atoms with Gasteiger partial charge in [0.25, 0.3) is 0 Å². The fourth-order valence-electron chi connectivity index (χ4n) is 3.96. The van der Waals surface area contributed by atoms with Gasteiger partial charge in [-0.2, -0.15) is 0 Å². The third-order valence-electron chi connectivity index (χ3n) is 5.42. The van der Waals surface area contributed by atoms with Crippen molar-refractivity contribution in [2.75, 3.05) is 5.73 Å². The summed E-state index contributed by atoms with van der Waals surface area (Å²) < 4.78 is 15.6. The zero-order valence-electron chi connectivity index (χ0n) is 15.9. The Labute approximate surface area is 169 Å². The number of fused-ring (bicyclic) bond motifs is 1. The van der Waals surface area contributed by atoms with Crippen molar-refractivity contribution in [1.29, 1.82) is 0 Å². The quantitative estimate of drug-likeness (QED) is 0.672. The van der Waals surface area contributed by atoms with E-state index in [4.69, 9.17) is 5.73 Å². The van der Waals surface area contributed by atoms with Crippen LogP contribution in [0.2, 0.25) is 0 Å². The minimum absolute atomic E-state index is 0. The third kappa shape index (κ3) is 3.82.